The number of halogens is 3. The minimum Gasteiger partial charge on any atom is -0.380 e. The van der Waals surface area contributed by atoms with Crippen molar-refractivity contribution in [2.45, 2.75) is 44.2 Å². The molecule has 0 fully saturated rings. The average Bonchev–Trinajstić information content (AvgIpc) is 2.53. The Morgan fingerprint density at radius 2 is 1.96 bits per heavy atom. The lowest BCUT2D eigenvalue weighted by molar-refractivity contribution is -0.116. The van der Waals surface area contributed by atoms with Crippen molar-refractivity contribution in [1.29, 1.82) is 0 Å². The van der Waals surface area contributed by atoms with E-state index in [0.29, 0.717) is 18.5 Å². The summed E-state index contributed by atoms with van der Waals surface area (Å²) in [6, 6.07) is 6.90. The van der Waals surface area contributed by atoms with Gasteiger partial charge in [0.25, 0.3) is 5.91 Å². The second kappa shape index (κ2) is 6.05. The van der Waals surface area contributed by atoms with Crippen molar-refractivity contribution in [2.75, 3.05) is 4.90 Å². The summed E-state index contributed by atoms with van der Waals surface area (Å²) in [5.41, 5.74) is -3.87. The highest BCUT2D eigenvalue weighted by Gasteiger charge is 2.50. The van der Waals surface area contributed by atoms with Crippen LogP contribution in [-0.2, 0) is 25.5 Å². The standard InChI is InChI=1S/C16H16F3NO4S/c1-2-12-14(24-25(22,23)16(17,18)19)9-11-8-7-10-5-3-4-6-13(10)20(11)15(12)21/h3-6,11H,2,7-9H2,1H3/t11-/m0/s1. The van der Waals surface area contributed by atoms with Gasteiger partial charge in [0.05, 0.1) is 5.57 Å². The molecule has 3 rings (SSSR count). The van der Waals surface area contributed by atoms with Gasteiger partial charge in [0.15, 0.2) is 0 Å². The third-order valence-corrected chi connectivity index (χ3v) is 5.43. The fourth-order valence-corrected chi connectivity index (χ4v) is 3.82. The summed E-state index contributed by atoms with van der Waals surface area (Å²) >= 11 is 0. The SMILES string of the molecule is CCC1=C(OS(=O)(=O)C(F)(F)F)C[C@@H]2CCc3ccccc3N2C1=O. The molecule has 0 bridgehead atoms. The fraction of sp³-hybridized carbons (Fsp3) is 0.438. The van der Waals surface area contributed by atoms with Crippen LogP contribution in [0.5, 0.6) is 0 Å². The average molecular weight is 375 g/mol. The molecule has 9 heteroatoms. The minimum absolute atomic E-state index is 0.0409. The summed E-state index contributed by atoms with van der Waals surface area (Å²) in [6.07, 6.45) is 1.20. The highest BCUT2D eigenvalue weighted by atomic mass is 32.2. The van der Waals surface area contributed by atoms with Crippen molar-refractivity contribution in [2.24, 2.45) is 0 Å². The van der Waals surface area contributed by atoms with Crippen LogP contribution in [0.25, 0.3) is 0 Å². The number of hydrogen-bond donors (Lipinski definition) is 0. The summed E-state index contributed by atoms with van der Waals surface area (Å²) in [5.74, 6) is -0.899. The third kappa shape index (κ3) is 3.01. The van der Waals surface area contributed by atoms with Crippen LogP contribution >= 0.6 is 0 Å². The zero-order valence-corrected chi connectivity index (χ0v) is 14.2. The second-order valence-electron chi connectivity index (χ2n) is 5.94. The van der Waals surface area contributed by atoms with Crippen molar-refractivity contribution >= 4 is 21.7 Å². The van der Waals surface area contributed by atoms with Crippen molar-refractivity contribution < 1.29 is 30.6 Å². The number of rotatable bonds is 3. The summed E-state index contributed by atoms with van der Waals surface area (Å²) < 4.78 is 64.9. The number of anilines is 1. The lowest BCUT2D eigenvalue weighted by Crippen LogP contribution is -2.48. The second-order valence-corrected chi connectivity index (χ2v) is 7.48. The van der Waals surface area contributed by atoms with E-state index in [1.165, 1.54) is 0 Å². The molecule has 2 aliphatic heterocycles. The first kappa shape index (κ1) is 17.8. The van der Waals surface area contributed by atoms with Crippen LogP contribution in [0.3, 0.4) is 0 Å². The maximum Gasteiger partial charge on any atom is 0.534 e. The van der Waals surface area contributed by atoms with Gasteiger partial charge < -0.3 is 9.08 Å². The number of amides is 1. The van der Waals surface area contributed by atoms with Gasteiger partial charge in [0.2, 0.25) is 0 Å². The molecular formula is C16H16F3NO4S. The molecule has 0 unspecified atom stereocenters. The Labute approximate surface area is 143 Å². The van der Waals surface area contributed by atoms with Crippen molar-refractivity contribution in [3.05, 3.63) is 41.2 Å². The topological polar surface area (TPSA) is 63.7 Å². The van der Waals surface area contributed by atoms with Crippen LogP contribution in [0.1, 0.15) is 31.7 Å². The largest absolute Gasteiger partial charge is 0.534 e. The first-order chi connectivity index (χ1) is 11.7. The van der Waals surface area contributed by atoms with Crippen LogP contribution in [-0.4, -0.2) is 25.9 Å². The van der Waals surface area contributed by atoms with Gasteiger partial charge in [0.1, 0.15) is 5.76 Å². The van der Waals surface area contributed by atoms with E-state index in [9.17, 15) is 26.4 Å². The molecule has 0 aromatic heterocycles. The molecule has 0 radical (unpaired) electrons. The third-order valence-electron chi connectivity index (χ3n) is 4.45. The Kier molecular flexibility index (Phi) is 4.30. The van der Waals surface area contributed by atoms with Crippen molar-refractivity contribution in [1.82, 2.24) is 0 Å². The smallest absolute Gasteiger partial charge is 0.380 e. The van der Waals surface area contributed by atoms with E-state index in [1.807, 2.05) is 12.1 Å². The van der Waals surface area contributed by atoms with Crippen LogP contribution < -0.4 is 4.90 Å². The molecule has 136 valence electrons. The molecule has 25 heavy (non-hydrogen) atoms. The summed E-state index contributed by atoms with van der Waals surface area (Å²) in [7, 11) is -5.79. The van der Waals surface area contributed by atoms with Gasteiger partial charge in [-0.25, -0.2) is 0 Å². The molecule has 1 atom stereocenters. The van der Waals surface area contributed by atoms with Gasteiger partial charge in [-0.2, -0.15) is 21.6 Å². The zero-order chi connectivity index (χ0) is 18.4. The highest BCUT2D eigenvalue weighted by Crippen LogP contribution is 2.40. The number of benzene rings is 1. The van der Waals surface area contributed by atoms with Crippen molar-refractivity contribution in [3.8, 4) is 0 Å². The predicted molar refractivity (Wildman–Crippen MR) is 84.0 cm³/mol. The van der Waals surface area contributed by atoms with Crippen molar-refractivity contribution in [3.63, 3.8) is 0 Å². The molecule has 0 saturated heterocycles. The molecule has 0 saturated carbocycles. The maximum atomic E-state index is 12.8. The normalized spacial score (nSPS) is 21.0. The Balaban J connectivity index is 2.01. The Morgan fingerprint density at radius 3 is 2.60 bits per heavy atom. The number of carbonyl (C=O) groups is 1. The Morgan fingerprint density at radius 1 is 1.28 bits per heavy atom. The van der Waals surface area contributed by atoms with Gasteiger partial charge in [-0.05, 0) is 30.9 Å². The molecular weight excluding hydrogens is 359 g/mol. The van der Waals surface area contributed by atoms with E-state index in [1.54, 1.807) is 24.0 Å². The number of para-hydroxylation sites is 1. The van der Waals surface area contributed by atoms with E-state index >= 15 is 0 Å². The van der Waals surface area contributed by atoms with Gasteiger partial charge in [0, 0.05) is 18.2 Å². The van der Waals surface area contributed by atoms with E-state index in [4.69, 9.17) is 0 Å². The number of aryl methyl sites for hydroxylation is 1. The minimum atomic E-state index is -5.79. The quantitative estimate of drug-likeness (QED) is 0.601. The van der Waals surface area contributed by atoms with Crippen LogP contribution in [0.4, 0.5) is 18.9 Å². The van der Waals surface area contributed by atoms with Gasteiger partial charge in [-0.1, -0.05) is 25.1 Å². The Hall–Kier alpha value is -2.03. The molecule has 0 spiro atoms. The van der Waals surface area contributed by atoms with E-state index in [2.05, 4.69) is 4.18 Å². The van der Waals surface area contributed by atoms with Gasteiger partial charge in [-0.3, -0.25) is 4.79 Å². The highest BCUT2D eigenvalue weighted by molar-refractivity contribution is 7.87. The number of carbonyl (C=O) groups excluding carboxylic acids is 1. The number of fused-ring (bicyclic) bond motifs is 3. The van der Waals surface area contributed by atoms with Gasteiger partial charge >= 0.3 is 15.6 Å². The Bertz CT molecular complexity index is 845. The molecule has 5 nitrogen and oxygen atoms in total. The molecule has 0 aliphatic carbocycles. The first-order valence-corrected chi connectivity index (χ1v) is 9.20. The van der Waals surface area contributed by atoms with Crippen LogP contribution in [0, 0.1) is 0 Å². The molecule has 1 aromatic rings. The summed E-state index contributed by atoms with van der Waals surface area (Å²) in [4.78, 5) is 14.4. The summed E-state index contributed by atoms with van der Waals surface area (Å²) in [5, 5.41) is 0. The lowest BCUT2D eigenvalue weighted by Gasteiger charge is -2.41. The van der Waals surface area contributed by atoms with E-state index in [-0.39, 0.29) is 18.4 Å². The van der Waals surface area contributed by atoms with Crippen LogP contribution in [0.15, 0.2) is 35.6 Å². The number of alkyl halides is 3. The molecule has 1 aromatic carbocycles. The molecule has 0 N–H and O–H groups in total. The zero-order valence-electron chi connectivity index (χ0n) is 13.3. The molecule has 2 aliphatic rings. The molecule has 2 heterocycles. The van der Waals surface area contributed by atoms with Crippen LogP contribution in [0.2, 0.25) is 0 Å². The number of nitrogens with zero attached hydrogens (tertiary/aromatic N) is 1. The lowest BCUT2D eigenvalue weighted by atomic mass is 9.88. The maximum absolute atomic E-state index is 12.8. The monoisotopic (exact) mass is 375 g/mol. The van der Waals surface area contributed by atoms with Gasteiger partial charge in [-0.15, -0.1) is 0 Å². The fourth-order valence-electron chi connectivity index (χ4n) is 3.29. The number of hydrogen-bond acceptors (Lipinski definition) is 4. The van der Waals surface area contributed by atoms with E-state index in [0.717, 1.165) is 5.56 Å². The summed E-state index contributed by atoms with van der Waals surface area (Å²) in [6.45, 7) is 1.58. The van der Waals surface area contributed by atoms with E-state index < -0.39 is 33.3 Å². The molecule has 1 amide bonds. The first-order valence-electron chi connectivity index (χ1n) is 7.80. The predicted octanol–water partition coefficient (Wildman–Crippen LogP) is 3.27.